The smallest absolute Gasteiger partial charge is 0.259 e. The summed E-state index contributed by atoms with van der Waals surface area (Å²) in [6.45, 7) is 3.71. The maximum absolute atomic E-state index is 13.8. The molecule has 2 aliphatic heterocycles. The third-order valence-corrected chi connectivity index (χ3v) is 8.92. The first kappa shape index (κ1) is 26.1. The van der Waals surface area contributed by atoms with Gasteiger partial charge in [0.15, 0.2) is 0 Å². The number of benzene rings is 4. The Kier molecular flexibility index (Phi) is 7.28. The first-order valence-electron chi connectivity index (χ1n) is 13.2. The SMILES string of the molecule is O=C(c1ccc2c(c1)N(Cc1ccc(F)cc1)C(=O)c1ccccc1S2=O)N1CCN(Cc2ccccc2)CC1. The van der Waals surface area contributed by atoms with Crippen molar-refractivity contribution < 1.29 is 18.2 Å². The van der Waals surface area contributed by atoms with Crippen LogP contribution >= 0.6 is 0 Å². The lowest BCUT2D eigenvalue weighted by Gasteiger charge is -2.35. The van der Waals surface area contributed by atoms with Crippen molar-refractivity contribution in [2.24, 2.45) is 0 Å². The molecule has 40 heavy (non-hydrogen) atoms. The van der Waals surface area contributed by atoms with E-state index < -0.39 is 10.8 Å². The molecule has 0 N–H and O–H groups in total. The number of nitrogens with zero attached hydrogens (tertiary/aromatic N) is 3. The van der Waals surface area contributed by atoms with Gasteiger partial charge in [0, 0.05) is 38.3 Å². The van der Waals surface area contributed by atoms with Crippen molar-refractivity contribution in [1.82, 2.24) is 9.80 Å². The molecule has 0 spiro atoms. The van der Waals surface area contributed by atoms with E-state index in [-0.39, 0.29) is 24.2 Å². The molecule has 0 aromatic heterocycles. The number of rotatable bonds is 5. The van der Waals surface area contributed by atoms with Crippen molar-refractivity contribution in [3.8, 4) is 0 Å². The lowest BCUT2D eigenvalue weighted by molar-refractivity contribution is 0.0628. The van der Waals surface area contributed by atoms with E-state index in [1.54, 1.807) is 59.5 Å². The summed E-state index contributed by atoms with van der Waals surface area (Å²) < 4.78 is 27.2. The van der Waals surface area contributed by atoms with Crippen LogP contribution < -0.4 is 4.90 Å². The van der Waals surface area contributed by atoms with Gasteiger partial charge in [-0.3, -0.25) is 14.5 Å². The Hall–Kier alpha value is -4.14. The van der Waals surface area contributed by atoms with Gasteiger partial charge < -0.3 is 9.80 Å². The quantitative estimate of drug-likeness (QED) is 0.345. The fourth-order valence-corrected chi connectivity index (χ4v) is 6.60. The fraction of sp³-hybridized carbons (Fsp3) is 0.188. The van der Waals surface area contributed by atoms with Crippen LogP contribution in [0.15, 0.2) is 107 Å². The van der Waals surface area contributed by atoms with Crippen LogP contribution in [0.5, 0.6) is 0 Å². The van der Waals surface area contributed by atoms with Crippen molar-refractivity contribution in [2.75, 3.05) is 31.1 Å². The van der Waals surface area contributed by atoms with Gasteiger partial charge in [0.25, 0.3) is 11.8 Å². The van der Waals surface area contributed by atoms with Crippen molar-refractivity contribution in [3.63, 3.8) is 0 Å². The third kappa shape index (κ3) is 5.20. The Morgan fingerprint density at radius 1 is 0.750 bits per heavy atom. The van der Waals surface area contributed by atoms with Crippen LogP contribution in [-0.4, -0.2) is 52.0 Å². The molecule has 0 aliphatic carbocycles. The van der Waals surface area contributed by atoms with Gasteiger partial charge in [-0.1, -0.05) is 54.6 Å². The number of hydrogen-bond acceptors (Lipinski definition) is 4. The predicted molar refractivity (Wildman–Crippen MR) is 152 cm³/mol. The summed E-state index contributed by atoms with van der Waals surface area (Å²) in [5.74, 6) is -0.801. The third-order valence-electron chi connectivity index (χ3n) is 7.42. The second-order valence-electron chi connectivity index (χ2n) is 10.0. The Morgan fingerprint density at radius 3 is 2.17 bits per heavy atom. The molecule has 4 aromatic rings. The number of carbonyl (C=O) groups is 2. The van der Waals surface area contributed by atoms with Crippen LogP contribution in [0.3, 0.4) is 0 Å². The highest BCUT2D eigenvalue weighted by atomic mass is 32.2. The van der Waals surface area contributed by atoms with Crippen LogP contribution in [0.1, 0.15) is 31.8 Å². The summed E-state index contributed by atoms with van der Waals surface area (Å²) in [6.07, 6.45) is 0. The molecule has 8 heteroatoms. The number of anilines is 1. The largest absolute Gasteiger partial charge is 0.336 e. The van der Waals surface area contributed by atoms with E-state index in [0.29, 0.717) is 39.7 Å². The molecule has 0 bridgehead atoms. The first-order valence-corrected chi connectivity index (χ1v) is 14.4. The van der Waals surface area contributed by atoms with Crippen LogP contribution in [0.4, 0.5) is 10.1 Å². The monoisotopic (exact) mass is 553 g/mol. The zero-order valence-electron chi connectivity index (χ0n) is 21.8. The van der Waals surface area contributed by atoms with Crippen LogP contribution in [0.2, 0.25) is 0 Å². The van der Waals surface area contributed by atoms with Crippen LogP contribution in [-0.2, 0) is 23.9 Å². The molecule has 1 saturated heterocycles. The molecule has 6 rings (SSSR count). The summed E-state index contributed by atoms with van der Waals surface area (Å²) in [5, 5.41) is 0. The maximum atomic E-state index is 13.8. The van der Waals surface area contributed by atoms with E-state index in [2.05, 4.69) is 17.0 Å². The molecular weight excluding hydrogens is 525 g/mol. The Morgan fingerprint density at radius 2 is 1.43 bits per heavy atom. The zero-order valence-corrected chi connectivity index (χ0v) is 22.6. The van der Waals surface area contributed by atoms with E-state index in [1.165, 1.54) is 17.7 Å². The summed E-state index contributed by atoms with van der Waals surface area (Å²) in [6, 6.07) is 28.2. The number of amides is 2. The molecule has 2 amide bonds. The Bertz CT molecular complexity index is 1590. The van der Waals surface area contributed by atoms with Crippen molar-refractivity contribution >= 4 is 28.3 Å². The summed E-state index contributed by atoms with van der Waals surface area (Å²) >= 11 is 0. The molecule has 1 unspecified atom stereocenters. The van der Waals surface area contributed by atoms with Crippen LogP contribution in [0, 0.1) is 5.82 Å². The molecule has 6 nitrogen and oxygen atoms in total. The Balaban J connectivity index is 1.28. The van der Waals surface area contributed by atoms with E-state index in [0.717, 1.165) is 25.2 Å². The van der Waals surface area contributed by atoms with Gasteiger partial charge in [-0.05, 0) is 53.6 Å². The van der Waals surface area contributed by atoms with Crippen molar-refractivity contribution in [1.29, 1.82) is 0 Å². The van der Waals surface area contributed by atoms with E-state index in [9.17, 15) is 18.2 Å². The highest BCUT2D eigenvalue weighted by Gasteiger charge is 2.32. The second kappa shape index (κ2) is 11.2. The van der Waals surface area contributed by atoms with Gasteiger partial charge in [0.05, 0.1) is 38.4 Å². The Labute approximate surface area is 235 Å². The molecule has 0 saturated carbocycles. The summed E-state index contributed by atoms with van der Waals surface area (Å²) in [7, 11) is -1.62. The lowest BCUT2D eigenvalue weighted by atomic mass is 10.1. The molecule has 4 aromatic carbocycles. The first-order chi connectivity index (χ1) is 19.5. The molecule has 2 heterocycles. The van der Waals surface area contributed by atoms with Gasteiger partial charge in [-0.25, -0.2) is 8.60 Å². The molecule has 2 aliphatic rings. The summed E-state index contributed by atoms with van der Waals surface area (Å²) in [5.41, 5.74) is 3.18. The highest BCUT2D eigenvalue weighted by molar-refractivity contribution is 7.85. The van der Waals surface area contributed by atoms with Gasteiger partial charge in [0.2, 0.25) is 0 Å². The maximum Gasteiger partial charge on any atom is 0.259 e. The zero-order chi connectivity index (χ0) is 27.6. The molecule has 1 atom stereocenters. The number of halogens is 1. The predicted octanol–water partition coefficient (Wildman–Crippen LogP) is 5.11. The normalized spacial score (nSPS) is 17.2. The van der Waals surface area contributed by atoms with Gasteiger partial charge in [-0.2, -0.15) is 0 Å². The number of piperazine rings is 1. The van der Waals surface area contributed by atoms with Crippen molar-refractivity contribution in [2.45, 2.75) is 22.9 Å². The topological polar surface area (TPSA) is 60.9 Å². The van der Waals surface area contributed by atoms with E-state index >= 15 is 0 Å². The minimum atomic E-state index is -1.62. The van der Waals surface area contributed by atoms with Crippen molar-refractivity contribution in [3.05, 3.63) is 125 Å². The molecular formula is C32H28FN3O3S. The average molecular weight is 554 g/mol. The molecule has 1 fully saturated rings. The number of carbonyl (C=O) groups excluding carboxylic acids is 2. The minimum Gasteiger partial charge on any atom is -0.336 e. The number of hydrogen-bond donors (Lipinski definition) is 0. The summed E-state index contributed by atoms with van der Waals surface area (Å²) in [4.78, 5) is 34.0. The minimum absolute atomic E-state index is 0.121. The second-order valence-corrected chi connectivity index (χ2v) is 11.4. The lowest BCUT2D eigenvalue weighted by Crippen LogP contribution is -2.48. The van der Waals surface area contributed by atoms with Gasteiger partial charge in [0.1, 0.15) is 5.82 Å². The fourth-order valence-electron chi connectivity index (χ4n) is 5.26. The standard InChI is InChI=1S/C32H28FN3O3S/c33-26-13-10-24(11-14-26)22-36-28-20-25(12-15-30(28)40(39)29-9-5-4-8-27(29)32(36)38)31(37)35-18-16-34(17-19-35)21-23-6-2-1-3-7-23/h1-15,20H,16-19,21-22H2. The average Bonchev–Trinajstić information content (AvgIpc) is 3.08. The van der Waals surface area contributed by atoms with Gasteiger partial charge in [-0.15, -0.1) is 0 Å². The highest BCUT2D eigenvalue weighted by Crippen LogP contribution is 2.36. The number of fused-ring (bicyclic) bond motifs is 2. The van der Waals surface area contributed by atoms with Crippen LogP contribution in [0.25, 0.3) is 0 Å². The molecule has 202 valence electrons. The van der Waals surface area contributed by atoms with Gasteiger partial charge >= 0.3 is 0 Å². The van der Waals surface area contributed by atoms with E-state index in [4.69, 9.17) is 0 Å². The molecule has 0 radical (unpaired) electrons. The van der Waals surface area contributed by atoms with E-state index in [1.807, 2.05) is 23.1 Å².